The van der Waals surface area contributed by atoms with Crippen molar-refractivity contribution in [2.45, 2.75) is 70.2 Å². The third-order valence-corrected chi connectivity index (χ3v) is 10.6. The molecule has 5 aromatic rings. The Kier molecular flexibility index (Phi) is 10.5. The standard InChI is InChI=1S/C38H38F2N6O3S/c1-26(35-44-34(21-50-35)29-10-6-27(19-41)7-11-29)38(22-46-24-42-23-43-46,32-15-14-31(39)18-33(32)40)49-25-48-36(47)30-12-8-28(9-13-30)20-45-17-5-4-16-37(45,2)3/h6-15,18,21,23-24,26H,4-5,16-17,20,22,25H2,1-3H3/t26-,38+/m0/s1. The Hall–Kier alpha value is -4.83. The fourth-order valence-electron chi connectivity index (χ4n) is 6.48. The Labute approximate surface area is 294 Å². The van der Waals surface area contributed by atoms with Crippen molar-refractivity contribution < 1.29 is 23.0 Å². The van der Waals surface area contributed by atoms with Gasteiger partial charge in [0.2, 0.25) is 0 Å². The van der Waals surface area contributed by atoms with Gasteiger partial charge in [0, 0.05) is 40.6 Å². The Morgan fingerprint density at radius 2 is 1.88 bits per heavy atom. The summed E-state index contributed by atoms with van der Waals surface area (Å²) >= 11 is 1.35. The Morgan fingerprint density at radius 1 is 1.10 bits per heavy atom. The number of halogens is 2. The van der Waals surface area contributed by atoms with Crippen LogP contribution < -0.4 is 0 Å². The first-order chi connectivity index (χ1) is 24.1. The number of carbonyl (C=O) groups is 1. The van der Waals surface area contributed by atoms with Crippen LogP contribution in [-0.2, 0) is 28.2 Å². The zero-order chi connectivity index (χ0) is 35.3. The molecule has 0 bridgehead atoms. The van der Waals surface area contributed by atoms with Gasteiger partial charge in [-0.15, -0.1) is 11.3 Å². The number of likely N-dealkylation sites (tertiary alicyclic amines) is 1. The van der Waals surface area contributed by atoms with Gasteiger partial charge in [-0.2, -0.15) is 10.4 Å². The SMILES string of the molecule is C[C@@H](c1nc(-c2ccc(C#N)cc2)cs1)[C@@](Cn1cncn1)(OCOC(=O)c1ccc(CN2CCCCC2(C)C)cc1)c1ccc(F)cc1F. The van der Waals surface area contributed by atoms with Crippen LogP contribution in [0.5, 0.6) is 0 Å². The van der Waals surface area contributed by atoms with Gasteiger partial charge in [-0.1, -0.05) is 43.7 Å². The molecule has 1 saturated heterocycles. The van der Waals surface area contributed by atoms with Crippen LogP contribution in [0.2, 0.25) is 0 Å². The van der Waals surface area contributed by atoms with Crippen molar-refractivity contribution >= 4 is 17.3 Å². The molecule has 0 unspecified atom stereocenters. The van der Waals surface area contributed by atoms with E-state index in [0.717, 1.165) is 42.8 Å². The Morgan fingerprint density at radius 3 is 2.56 bits per heavy atom. The van der Waals surface area contributed by atoms with Crippen molar-refractivity contribution in [3.8, 4) is 17.3 Å². The molecule has 0 aliphatic carbocycles. The number of nitriles is 1. The van der Waals surface area contributed by atoms with Crippen LogP contribution in [0.4, 0.5) is 8.78 Å². The van der Waals surface area contributed by atoms with Gasteiger partial charge in [0.15, 0.2) is 6.79 Å². The van der Waals surface area contributed by atoms with Crippen molar-refractivity contribution in [1.29, 1.82) is 5.26 Å². The van der Waals surface area contributed by atoms with E-state index in [-0.39, 0.29) is 17.6 Å². The number of aromatic nitrogens is 4. The van der Waals surface area contributed by atoms with Gasteiger partial charge in [-0.3, -0.25) is 4.90 Å². The molecule has 50 heavy (non-hydrogen) atoms. The molecular formula is C38H38F2N6O3S. The molecule has 1 fully saturated rings. The normalized spacial score (nSPS) is 16.3. The molecular weight excluding hydrogens is 659 g/mol. The van der Waals surface area contributed by atoms with E-state index in [1.54, 1.807) is 36.4 Å². The number of hydrogen-bond donors (Lipinski definition) is 0. The van der Waals surface area contributed by atoms with Crippen molar-refractivity contribution in [2.24, 2.45) is 0 Å². The van der Waals surface area contributed by atoms with E-state index in [9.17, 15) is 14.4 Å². The number of thiazole rings is 1. The molecule has 0 N–H and O–H groups in total. The minimum Gasteiger partial charge on any atom is -0.435 e. The van der Waals surface area contributed by atoms with Crippen molar-refractivity contribution in [2.75, 3.05) is 13.3 Å². The van der Waals surface area contributed by atoms with E-state index < -0.39 is 35.9 Å². The quantitative estimate of drug-likeness (QED) is 0.0960. The van der Waals surface area contributed by atoms with Crippen LogP contribution in [0.15, 0.2) is 84.8 Å². The largest absolute Gasteiger partial charge is 0.435 e. The highest BCUT2D eigenvalue weighted by molar-refractivity contribution is 7.10. The van der Waals surface area contributed by atoms with Gasteiger partial charge in [-0.25, -0.2) is 28.2 Å². The number of benzene rings is 3. The fourth-order valence-corrected chi connectivity index (χ4v) is 7.44. The molecule has 12 heteroatoms. The summed E-state index contributed by atoms with van der Waals surface area (Å²) in [4.78, 5) is 24.6. The smallest absolute Gasteiger partial charge is 0.340 e. The minimum absolute atomic E-state index is 0.0399. The van der Waals surface area contributed by atoms with Gasteiger partial charge in [0.1, 0.15) is 29.9 Å². The zero-order valence-electron chi connectivity index (χ0n) is 28.2. The highest BCUT2D eigenvalue weighted by atomic mass is 32.1. The molecule has 0 spiro atoms. The summed E-state index contributed by atoms with van der Waals surface area (Å²) in [5, 5.41) is 15.9. The molecule has 0 saturated carbocycles. The van der Waals surface area contributed by atoms with E-state index >= 15 is 4.39 Å². The maximum Gasteiger partial charge on any atom is 0.340 e. The van der Waals surface area contributed by atoms with Crippen molar-refractivity contribution in [1.82, 2.24) is 24.6 Å². The summed E-state index contributed by atoms with van der Waals surface area (Å²) in [5.74, 6) is -2.83. The lowest BCUT2D eigenvalue weighted by molar-refractivity contribution is -0.148. The van der Waals surface area contributed by atoms with E-state index in [1.807, 2.05) is 24.4 Å². The topological polar surface area (TPSA) is 106 Å². The van der Waals surface area contributed by atoms with Crippen LogP contribution in [0.3, 0.4) is 0 Å². The molecule has 6 rings (SSSR count). The average molecular weight is 697 g/mol. The zero-order valence-corrected chi connectivity index (χ0v) is 29.0. The highest BCUT2D eigenvalue weighted by Gasteiger charge is 2.45. The predicted molar refractivity (Wildman–Crippen MR) is 185 cm³/mol. The summed E-state index contributed by atoms with van der Waals surface area (Å²) in [7, 11) is 0. The van der Waals surface area contributed by atoms with Crippen LogP contribution in [0, 0.1) is 23.0 Å². The first kappa shape index (κ1) is 35.0. The van der Waals surface area contributed by atoms with Crippen LogP contribution >= 0.6 is 11.3 Å². The molecule has 9 nitrogen and oxygen atoms in total. The molecule has 0 amide bonds. The van der Waals surface area contributed by atoms with Crippen molar-refractivity contribution in [3.05, 3.63) is 124 Å². The molecule has 258 valence electrons. The first-order valence-corrected chi connectivity index (χ1v) is 17.3. The minimum atomic E-state index is -1.57. The number of ether oxygens (including phenoxy) is 2. The van der Waals surface area contributed by atoms with Crippen molar-refractivity contribution in [3.63, 3.8) is 0 Å². The molecule has 3 heterocycles. The average Bonchev–Trinajstić information content (AvgIpc) is 3.82. The summed E-state index contributed by atoms with van der Waals surface area (Å²) < 4.78 is 43.6. The number of hydrogen-bond acceptors (Lipinski definition) is 9. The maximum absolute atomic E-state index is 15.8. The first-order valence-electron chi connectivity index (χ1n) is 16.5. The monoisotopic (exact) mass is 696 g/mol. The van der Waals surface area contributed by atoms with Gasteiger partial charge in [0.25, 0.3) is 0 Å². The second-order valence-corrected chi connectivity index (χ2v) is 14.1. The van der Waals surface area contributed by atoms with E-state index in [1.165, 1.54) is 47.6 Å². The summed E-state index contributed by atoms with van der Waals surface area (Å²) in [5.41, 5.74) is 2.03. The number of piperidine rings is 1. The Balaban J connectivity index is 1.26. The number of rotatable bonds is 12. The summed E-state index contributed by atoms with van der Waals surface area (Å²) in [6, 6.07) is 19.8. The number of nitrogens with zero attached hydrogens (tertiary/aromatic N) is 6. The van der Waals surface area contributed by atoms with E-state index in [0.29, 0.717) is 21.8 Å². The van der Waals surface area contributed by atoms with Crippen LogP contribution in [0.25, 0.3) is 11.3 Å². The molecule has 0 radical (unpaired) electrons. The second kappa shape index (κ2) is 15.0. The van der Waals surface area contributed by atoms with Gasteiger partial charge in [0.05, 0.1) is 34.4 Å². The summed E-state index contributed by atoms with van der Waals surface area (Å²) in [6.07, 6.45) is 6.37. The highest BCUT2D eigenvalue weighted by Crippen LogP contribution is 2.44. The number of carbonyl (C=O) groups excluding carboxylic acids is 1. The van der Waals surface area contributed by atoms with Gasteiger partial charge in [-0.05, 0) is 69.1 Å². The summed E-state index contributed by atoms with van der Waals surface area (Å²) in [6.45, 7) is 7.60. The van der Waals surface area contributed by atoms with Gasteiger partial charge < -0.3 is 9.47 Å². The lowest BCUT2D eigenvalue weighted by atomic mass is 9.81. The van der Waals surface area contributed by atoms with Gasteiger partial charge >= 0.3 is 5.97 Å². The molecule has 2 aromatic heterocycles. The second-order valence-electron chi connectivity index (χ2n) is 13.2. The molecule has 2 atom stereocenters. The third kappa shape index (κ3) is 7.65. The van der Waals surface area contributed by atoms with Crippen LogP contribution in [0.1, 0.15) is 78.0 Å². The fraction of sp³-hybridized carbons (Fsp3) is 0.342. The molecule has 1 aliphatic heterocycles. The van der Waals surface area contributed by atoms with E-state index in [4.69, 9.17) is 14.5 Å². The molecule has 3 aromatic carbocycles. The molecule has 1 aliphatic rings. The number of esters is 1. The Bertz CT molecular complexity index is 1960. The van der Waals surface area contributed by atoms with E-state index in [2.05, 4.69) is 34.9 Å². The third-order valence-electron chi connectivity index (χ3n) is 9.54. The lowest BCUT2D eigenvalue weighted by Crippen LogP contribution is -2.46. The predicted octanol–water partition coefficient (Wildman–Crippen LogP) is 7.85. The maximum atomic E-state index is 15.8. The van der Waals surface area contributed by atoms with Crippen LogP contribution in [-0.4, -0.2) is 49.5 Å². The lowest BCUT2D eigenvalue weighted by Gasteiger charge is -2.42.